The van der Waals surface area contributed by atoms with Crippen LogP contribution in [0.15, 0.2) is 42.1 Å². The van der Waals surface area contributed by atoms with E-state index in [1.165, 1.54) is 32.3 Å². The highest BCUT2D eigenvalue weighted by Gasteiger charge is 2.53. The summed E-state index contributed by atoms with van der Waals surface area (Å²) < 4.78 is 27.8. The molecule has 288 valence electrons. The number of likely N-dealkylation sites (N-methyl/N-ethyl adjacent to an activating group) is 1. The number of amides is 5. The van der Waals surface area contributed by atoms with Crippen LogP contribution in [0.25, 0.3) is 0 Å². The number of nitrogens with one attached hydrogen (secondary N) is 4. The predicted molar refractivity (Wildman–Crippen MR) is 196 cm³/mol. The van der Waals surface area contributed by atoms with Crippen molar-refractivity contribution in [2.75, 3.05) is 26.7 Å². The summed E-state index contributed by atoms with van der Waals surface area (Å²) in [6.45, 7) is 13.1. The lowest BCUT2D eigenvalue weighted by Gasteiger charge is -2.43. The molecule has 0 spiro atoms. The minimum atomic E-state index is -3.95. The van der Waals surface area contributed by atoms with E-state index in [2.05, 4.69) is 32.8 Å². The van der Waals surface area contributed by atoms with Crippen molar-refractivity contribution < 1.29 is 32.4 Å². The molecular weight excluding hydrogens is 687 g/mol. The van der Waals surface area contributed by atoms with Crippen molar-refractivity contribution in [3.05, 3.63) is 37.1 Å². The maximum Gasteiger partial charge on any atom is 0.315 e. The molecule has 3 aliphatic rings. The van der Waals surface area contributed by atoms with Crippen LogP contribution in [0.2, 0.25) is 0 Å². The number of rotatable bonds is 14. The lowest BCUT2D eigenvalue weighted by molar-refractivity contribution is -0.145. The van der Waals surface area contributed by atoms with Crippen LogP contribution in [0.3, 0.4) is 0 Å². The number of aromatic nitrogens is 1. The van der Waals surface area contributed by atoms with Gasteiger partial charge in [0.15, 0.2) is 5.03 Å². The Morgan fingerprint density at radius 1 is 1.06 bits per heavy atom. The maximum atomic E-state index is 14.8. The van der Waals surface area contributed by atoms with Crippen LogP contribution >= 0.6 is 0 Å². The molecule has 6 atom stereocenters. The number of carbonyl (C=O) groups is 5. The van der Waals surface area contributed by atoms with E-state index in [-0.39, 0.29) is 35.9 Å². The lowest BCUT2D eigenvalue weighted by atomic mass is 9.70. The molecule has 1 aromatic rings. The molecular formula is C37H57N7O7S. The Bertz CT molecular complexity index is 1590. The molecule has 2 saturated carbocycles. The van der Waals surface area contributed by atoms with Crippen LogP contribution in [0.4, 0.5) is 4.79 Å². The largest absolute Gasteiger partial charge is 0.346 e. The molecule has 2 aliphatic carbocycles. The number of carbonyl (C=O) groups excluding carboxylic acids is 5. The molecule has 4 rings (SSSR count). The first-order valence-electron chi connectivity index (χ1n) is 18.4. The second-order valence-electron chi connectivity index (χ2n) is 16.0. The maximum absolute atomic E-state index is 14.8. The Hall–Kier alpha value is -3.85. The van der Waals surface area contributed by atoms with Crippen LogP contribution in [0.1, 0.15) is 86.0 Å². The smallest absolute Gasteiger partial charge is 0.315 e. The number of likely N-dealkylation sites (tertiary alicyclic amines) is 1. The third-order valence-electron chi connectivity index (χ3n) is 11.1. The van der Waals surface area contributed by atoms with Crippen LogP contribution < -0.4 is 21.3 Å². The summed E-state index contributed by atoms with van der Waals surface area (Å²) in [6.07, 6.45) is 9.53. The van der Waals surface area contributed by atoms with Crippen molar-refractivity contribution in [1.82, 2.24) is 35.5 Å². The number of Topliss-reactive ketones (excluding diaryl/α,β-unsaturated/α-hetero) is 1. The zero-order valence-electron chi connectivity index (χ0n) is 31.4. The van der Waals surface area contributed by atoms with Crippen LogP contribution in [0, 0.1) is 22.7 Å². The summed E-state index contributed by atoms with van der Waals surface area (Å²) in [4.78, 5) is 73.3. The van der Waals surface area contributed by atoms with Gasteiger partial charge in [-0.25, -0.2) is 18.2 Å². The first-order chi connectivity index (χ1) is 24.4. The molecule has 4 N–H and O–H groups in total. The molecule has 1 unspecified atom stereocenters. The van der Waals surface area contributed by atoms with Gasteiger partial charge in [0.2, 0.25) is 17.6 Å². The zero-order valence-corrected chi connectivity index (χ0v) is 32.3. The molecule has 3 fully saturated rings. The average Bonchev–Trinajstić information content (AvgIpc) is 3.70. The molecule has 1 saturated heterocycles. The van der Waals surface area contributed by atoms with Gasteiger partial charge in [-0.15, -0.1) is 6.58 Å². The summed E-state index contributed by atoms with van der Waals surface area (Å²) in [5.74, 6) is -2.51. The molecule has 2 heterocycles. The van der Waals surface area contributed by atoms with E-state index < -0.39 is 68.6 Å². The number of urea groups is 1. The highest BCUT2D eigenvalue weighted by Crippen LogP contribution is 2.45. The number of pyridine rings is 1. The number of ketones is 1. The molecule has 0 aromatic carbocycles. The third-order valence-corrected chi connectivity index (χ3v) is 12.9. The lowest BCUT2D eigenvalue weighted by Crippen LogP contribution is -2.63. The molecule has 1 aliphatic heterocycles. The Labute approximate surface area is 308 Å². The van der Waals surface area contributed by atoms with Crippen molar-refractivity contribution in [3.8, 4) is 0 Å². The van der Waals surface area contributed by atoms with E-state index in [4.69, 9.17) is 0 Å². The number of hydrogen-bond acceptors (Lipinski definition) is 8. The van der Waals surface area contributed by atoms with E-state index in [0.717, 1.165) is 42.8 Å². The Balaban J connectivity index is 1.57. The van der Waals surface area contributed by atoms with E-state index in [1.54, 1.807) is 17.0 Å². The molecule has 52 heavy (non-hydrogen) atoms. The molecule has 14 nitrogen and oxygen atoms in total. The highest BCUT2D eigenvalue weighted by molar-refractivity contribution is 7.89. The monoisotopic (exact) mass is 743 g/mol. The predicted octanol–water partition coefficient (Wildman–Crippen LogP) is 2.76. The fourth-order valence-electron chi connectivity index (χ4n) is 7.91. The Morgan fingerprint density at radius 2 is 1.75 bits per heavy atom. The Morgan fingerprint density at radius 3 is 2.37 bits per heavy atom. The van der Waals surface area contributed by atoms with Crippen molar-refractivity contribution in [2.24, 2.45) is 22.7 Å². The van der Waals surface area contributed by atoms with Gasteiger partial charge in [-0.1, -0.05) is 65.5 Å². The second kappa shape index (κ2) is 16.9. The number of fused-ring (bicyclic) bond motifs is 1. The van der Waals surface area contributed by atoms with Gasteiger partial charge in [0.1, 0.15) is 12.1 Å². The van der Waals surface area contributed by atoms with Gasteiger partial charge in [0.25, 0.3) is 15.9 Å². The van der Waals surface area contributed by atoms with Crippen molar-refractivity contribution in [2.45, 2.75) is 115 Å². The first-order valence-corrected chi connectivity index (χ1v) is 19.8. The van der Waals surface area contributed by atoms with Crippen LogP contribution in [0.5, 0.6) is 0 Å². The minimum Gasteiger partial charge on any atom is -0.346 e. The first kappa shape index (κ1) is 40.9. The van der Waals surface area contributed by atoms with E-state index in [0.29, 0.717) is 19.4 Å². The summed E-state index contributed by atoms with van der Waals surface area (Å²) >= 11 is 0. The number of hydrogen-bond donors (Lipinski definition) is 4. The summed E-state index contributed by atoms with van der Waals surface area (Å²) in [5.41, 5.74) is -1.18. The summed E-state index contributed by atoms with van der Waals surface area (Å²) in [7, 11) is -2.51. The van der Waals surface area contributed by atoms with Gasteiger partial charge in [-0.3, -0.25) is 19.2 Å². The summed E-state index contributed by atoms with van der Waals surface area (Å²) in [6, 6.07) is 0.426. The second-order valence-corrected chi connectivity index (χ2v) is 18.0. The van der Waals surface area contributed by atoms with E-state index in [1.807, 2.05) is 27.7 Å². The standard InChI is InChI=1S/C37H57N7O7S/c1-8-20-39-33(47)30(45)24(2)40-32(46)29-26-16-14-15-25(26)22-44(29)34(48)31(37(6)18-11-9-12-19-37)42-35(49)41-27(36(3,4)5)23-43(7)52(50,51)28-17-10-13-21-38-28/h8,10,13,17,21,24-27,29,31H,1,9,11-12,14-16,18-20,22-23H2,2-7H3,(H,39,47)(H,40,46)(H2,41,42,49)/t24?,25-,26-,27+,29-,31+/m0/s1. The van der Waals surface area contributed by atoms with Crippen LogP contribution in [-0.2, 0) is 29.2 Å². The topological polar surface area (TPSA) is 187 Å². The molecule has 5 amide bonds. The van der Waals surface area contributed by atoms with Crippen molar-refractivity contribution in [1.29, 1.82) is 0 Å². The van der Waals surface area contributed by atoms with Gasteiger partial charge in [-0.05, 0) is 67.4 Å². The van der Waals surface area contributed by atoms with Crippen molar-refractivity contribution >= 4 is 39.6 Å². The Kier molecular flexibility index (Phi) is 13.3. The number of sulfonamides is 1. The van der Waals surface area contributed by atoms with Crippen molar-refractivity contribution in [3.63, 3.8) is 0 Å². The average molecular weight is 744 g/mol. The highest BCUT2D eigenvalue weighted by atomic mass is 32.2. The van der Waals surface area contributed by atoms with Gasteiger partial charge in [-0.2, -0.15) is 4.31 Å². The SMILES string of the molecule is C=CCNC(=O)C(=O)C(C)NC(=O)[C@@H]1[C@H]2CCC[C@H]2CN1C(=O)[C@@H](NC(=O)N[C@H](CN(C)S(=O)(=O)c1ccccn1)C(C)(C)C)C1(C)CCCCC1. The zero-order chi connectivity index (χ0) is 38.4. The van der Waals surface area contributed by atoms with Gasteiger partial charge < -0.3 is 26.2 Å². The molecule has 15 heteroatoms. The number of nitrogens with zero attached hydrogens (tertiary/aromatic N) is 3. The van der Waals surface area contributed by atoms with Gasteiger partial charge >= 0.3 is 6.03 Å². The van der Waals surface area contributed by atoms with Gasteiger partial charge in [0, 0.05) is 38.9 Å². The van der Waals surface area contributed by atoms with Crippen LogP contribution in [-0.4, -0.2) is 103 Å². The fraction of sp³-hybridized carbons (Fsp3) is 0.676. The normalized spacial score (nSPS) is 23.1. The van der Waals surface area contributed by atoms with E-state index in [9.17, 15) is 32.4 Å². The molecule has 1 aromatic heterocycles. The van der Waals surface area contributed by atoms with Gasteiger partial charge in [0.05, 0.1) is 6.04 Å². The van der Waals surface area contributed by atoms with E-state index >= 15 is 0 Å². The summed E-state index contributed by atoms with van der Waals surface area (Å²) in [5, 5.41) is 11.0. The third kappa shape index (κ3) is 9.38. The quantitative estimate of drug-likeness (QED) is 0.166. The molecule has 0 radical (unpaired) electrons. The minimum absolute atomic E-state index is 0.0496. The molecule has 0 bridgehead atoms. The fourth-order valence-corrected chi connectivity index (χ4v) is 9.02.